The Morgan fingerprint density at radius 1 is 0.667 bits per heavy atom. The van der Waals surface area contributed by atoms with Crippen LogP contribution in [0.15, 0.2) is 58.8 Å². The lowest BCUT2D eigenvalue weighted by Crippen LogP contribution is -2.53. The zero-order chi connectivity index (χ0) is 44.7. The van der Waals surface area contributed by atoms with Crippen LogP contribution in [0.5, 0.6) is 0 Å². The first-order valence-corrected chi connectivity index (χ1v) is 23.3. The van der Waals surface area contributed by atoms with Gasteiger partial charge in [0.15, 0.2) is 0 Å². The first-order valence-electron chi connectivity index (χ1n) is 23.3. The maximum absolute atomic E-state index is 14.0. The standard InChI is InChI=1S/C51H66N6O6/c1-29(2)45(54-49(60)62-7)47(58)56-27-31(5)21-42(56)40-23-35(25-52-40)33-11-13-34(14-12-33)38-16-15-37(39-17-20-51(44(38)39)18-9-10-19-51)36-24-41(53-26-36)43-22-32(6)28-57(43)48(59)46(30(3)4)55-50(61)63-8/h11-16,25-26,29-32,42-43,45-46H,9-10,17-24,27-28H2,1-8H3,(H,54,60)(H,55,61)/t31-,32-,42-,43-,45-,46-/m0/s1. The fraction of sp³-hybridized carbons (Fsp3) is 0.569. The molecular formula is C51H66N6O6. The van der Waals surface area contributed by atoms with Crippen molar-refractivity contribution >= 4 is 46.6 Å². The SMILES string of the molecule is COC(=O)N[C@H](C(=O)N1C[C@@H](C)C[C@H]1C1=NC=C(c2ccc(-c3ccc(C4=CN=C([C@@H]5C[C@H](C)CN5C(=O)[C@@H](NC(=O)OC)C(C)C)C4)c4c3C3(CCCC3)CC4)cc2)C1)C(C)C. The van der Waals surface area contributed by atoms with E-state index in [1.807, 2.05) is 49.9 Å². The van der Waals surface area contributed by atoms with Gasteiger partial charge in [-0.2, -0.15) is 0 Å². The Morgan fingerprint density at radius 3 is 1.65 bits per heavy atom. The van der Waals surface area contributed by atoms with Gasteiger partial charge < -0.3 is 29.9 Å². The van der Waals surface area contributed by atoms with Crippen LogP contribution in [0.3, 0.4) is 0 Å². The molecule has 1 saturated carbocycles. The van der Waals surface area contributed by atoms with Crippen LogP contribution in [0.4, 0.5) is 9.59 Å². The van der Waals surface area contributed by atoms with Crippen LogP contribution in [0.25, 0.3) is 22.3 Å². The van der Waals surface area contributed by atoms with Crippen LogP contribution in [0, 0.1) is 23.7 Å². The predicted molar refractivity (Wildman–Crippen MR) is 247 cm³/mol. The van der Waals surface area contributed by atoms with Gasteiger partial charge in [0.05, 0.1) is 26.3 Å². The molecule has 63 heavy (non-hydrogen) atoms. The van der Waals surface area contributed by atoms with Gasteiger partial charge in [-0.25, -0.2) is 9.59 Å². The van der Waals surface area contributed by atoms with Gasteiger partial charge >= 0.3 is 12.2 Å². The average molecular weight is 859 g/mol. The maximum atomic E-state index is 14.0. The lowest BCUT2D eigenvalue weighted by Gasteiger charge is -2.31. The highest BCUT2D eigenvalue weighted by atomic mass is 16.5. The first kappa shape index (κ1) is 44.4. The summed E-state index contributed by atoms with van der Waals surface area (Å²) in [7, 11) is 2.64. The molecule has 0 radical (unpaired) electrons. The minimum Gasteiger partial charge on any atom is -0.453 e. The highest BCUT2D eigenvalue weighted by Crippen LogP contribution is 2.55. The molecule has 6 atom stereocenters. The van der Waals surface area contributed by atoms with E-state index in [4.69, 9.17) is 19.5 Å². The summed E-state index contributed by atoms with van der Waals surface area (Å²) in [6, 6.07) is 12.1. The number of hydrogen-bond acceptors (Lipinski definition) is 8. The summed E-state index contributed by atoms with van der Waals surface area (Å²) < 4.78 is 9.69. The Kier molecular flexibility index (Phi) is 12.7. The second-order valence-electron chi connectivity index (χ2n) is 19.9. The van der Waals surface area contributed by atoms with Gasteiger partial charge in [0.25, 0.3) is 0 Å². The smallest absolute Gasteiger partial charge is 0.407 e. The van der Waals surface area contributed by atoms with Crippen molar-refractivity contribution in [3.8, 4) is 11.1 Å². The number of aliphatic imine (C=N–C) groups is 2. The number of benzene rings is 2. The number of hydrogen-bond donors (Lipinski definition) is 2. The summed E-state index contributed by atoms with van der Waals surface area (Å²) in [4.78, 5) is 66.0. The number of allylic oxidation sites excluding steroid dienone is 2. The van der Waals surface area contributed by atoms with Crippen LogP contribution < -0.4 is 10.6 Å². The fourth-order valence-corrected chi connectivity index (χ4v) is 11.6. The Labute approximate surface area is 373 Å². The summed E-state index contributed by atoms with van der Waals surface area (Å²) in [5, 5.41) is 5.55. The Morgan fingerprint density at radius 2 is 1.14 bits per heavy atom. The lowest BCUT2D eigenvalue weighted by molar-refractivity contribution is -0.135. The molecule has 4 heterocycles. The van der Waals surface area contributed by atoms with Gasteiger partial charge in [-0.1, -0.05) is 90.8 Å². The van der Waals surface area contributed by atoms with Crippen molar-refractivity contribution in [1.29, 1.82) is 0 Å². The molecule has 2 aliphatic carbocycles. The lowest BCUT2D eigenvalue weighted by atomic mass is 9.76. The number of nitrogens with one attached hydrogen (secondary N) is 2. The molecule has 0 unspecified atom stereocenters. The molecule has 12 nitrogen and oxygen atoms in total. The first-order chi connectivity index (χ1) is 30.2. The number of carbonyl (C=O) groups excluding carboxylic acids is 4. The number of nitrogens with zero attached hydrogens (tertiary/aromatic N) is 4. The van der Waals surface area contributed by atoms with Gasteiger partial charge in [-0.05, 0) is 112 Å². The van der Waals surface area contributed by atoms with Gasteiger partial charge in [-0.3, -0.25) is 19.6 Å². The van der Waals surface area contributed by atoms with E-state index < -0.39 is 24.3 Å². The van der Waals surface area contributed by atoms with Crippen molar-refractivity contribution in [2.75, 3.05) is 27.3 Å². The van der Waals surface area contributed by atoms with Crippen molar-refractivity contribution in [2.24, 2.45) is 33.7 Å². The average Bonchev–Trinajstić information content (AvgIpc) is 4.14. The van der Waals surface area contributed by atoms with Crippen LogP contribution in [0.1, 0.15) is 122 Å². The van der Waals surface area contributed by atoms with Crippen molar-refractivity contribution in [3.63, 3.8) is 0 Å². The molecule has 8 rings (SSSR count). The Balaban J connectivity index is 0.992. The minimum atomic E-state index is -0.669. The van der Waals surface area contributed by atoms with Crippen LogP contribution in [-0.4, -0.2) is 96.7 Å². The third kappa shape index (κ3) is 8.58. The van der Waals surface area contributed by atoms with E-state index >= 15 is 0 Å². The van der Waals surface area contributed by atoms with Crippen LogP contribution >= 0.6 is 0 Å². The number of likely N-dealkylation sites (tertiary alicyclic amines) is 2. The van der Waals surface area contributed by atoms with Crippen LogP contribution in [0.2, 0.25) is 0 Å². The monoisotopic (exact) mass is 859 g/mol. The van der Waals surface area contributed by atoms with Gasteiger partial charge in [-0.15, -0.1) is 0 Å². The number of methoxy groups -OCH3 is 2. The molecule has 6 aliphatic rings. The zero-order valence-electron chi connectivity index (χ0n) is 38.5. The number of carbonyl (C=O) groups is 4. The molecule has 4 amide bonds. The molecule has 1 spiro atoms. The summed E-state index contributed by atoms with van der Waals surface area (Å²) in [5.41, 5.74) is 12.5. The number of rotatable bonds is 11. The second-order valence-corrected chi connectivity index (χ2v) is 19.9. The van der Waals surface area contributed by atoms with Gasteiger partial charge in [0, 0.05) is 49.8 Å². The number of fused-ring (bicyclic) bond motifs is 2. The fourth-order valence-electron chi connectivity index (χ4n) is 11.6. The van der Waals surface area contributed by atoms with Crippen LogP contribution in [-0.2, 0) is 30.9 Å². The maximum Gasteiger partial charge on any atom is 0.407 e. The molecule has 2 N–H and O–H groups in total. The molecule has 0 aromatic heterocycles. The van der Waals surface area contributed by atoms with E-state index in [0.717, 1.165) is 41.8 Å². The molecule has 0 bridgehead atoms. The van der Waals surface area contributed by atoms with Crippen molar-refractivity contribution in [2.45, 2.75) is 135 Å². The highest BCUT2D eigenvalue weighted by molar-refractivity contribution is 6.05. The molecular weight excluding hydrogens is 793 g/mol. The van der Waals surface area contributed by atoms with E-state index in [1.165, 1.54) is 79.7 Å². The van der Waals surface area contributed by atoms with E-state index in [0.29, 0.717) is 37.8 Å². The number of ether oxygens (including phenoxy) is 2. The third-order valence-corrected chi connectivity index (χ3v) is 14.8. The zero-order valence-corrected chi connectivity index (χ0v) is 38.5. The molecule has 2 aromatic carbocycles. The number of amides is 4. The predicted octanol–water partition coefficient (Wildman–Crippen LogP) is 8.72. The minimum absolute atomic E-state index is 0.0780. The van der Waals surface area contributed by atoms with E-state index in [1.54, 1.807) is 0 Å². The quantitative estimate of drug-likeness (QED) is 0.232. The van der Waals surface area contributed by atoms with Crippen molar-refractivity contribution < 1.29 is 28.7 Å². The normalized spacial score (nSPS) is 24.6. The molecule has 12 heteroatoms. The molecule has 3 fully saturated rings. The molecule has 2 saturated heterocycles. The number of alkyl carbamates (subject to hydrolysis) is 2. The summed E-state index contributed by atoms with van der Waals surface area (Å²) in [6.07, 6.45) is 13.0. The topological polar surface area (TPSA) is 142 Å². The van der Waals surface area contributed by atoms with Crippen molar-refractivity contribution in [1.82, 2.24) is 20.4 Å². The Bertz CT molecular complexity index is 2250. The largest absolute Gasteiger partial charge is 0.453 e. The molecule has 4 aliphatic heterocycles. The molecule has 336 valence electrons. The summed E-state index contributed by atoms with van der Waals surface area (Å²) in [5.74, 6) is 0.302. The molecule has 2 aromatic rings. The van der Waals surface area contributed by atoms with E-state index in [2.05, 4.69) is 60.9 Å². The van der Waals surface area contributed by atoms with Crippen molar-refractivity contribution in [3.05, 3.63) is 71.1 Å². The van der Waals surface area contributed by atoms with E-state index in [9.17, 15) is 19.2 Å². The summed E-state index contributed by atoms with van der Waals surface area (Å²) in [6.45, 7) is 13.4. The Hall–Kier alpha value is -5.26. The third-order valence-electron chi connectivity index (χ3n) is 14.8. The summed E-state index contributed by atoms with van der Waals surface area (Å²) >= 11 is 0. The second kappa shape index (κ2) is 18.1. The van der Waals surface area contributed by atoms with Gasteiger partial charge in [0.1, 0.15) is 12.1 Å². The van der Waals surface area contributed by atoms with E-state index in [-0.39, 0.29) is 41.1 Å². The highest BCUT2D eigenvalue weighted by Gasteiger charge is 2.46. The van der Waals surface area contributed by atoms with Gasteiger partial charge in [0.2, 0.25) is 11.8 Å².